The highest BCUT2D eigenvalue weighted by Gasteiger charge is 2.25. The molecule has 5 heteroatoms. The first kappa shape index (κ1) is 12.1. The molecule has 0 saturated heterocycles. The maximum atomic E-state index is 9.46. The Hall–Kier alpha value is -1.41. The van der Waals surface area contributed by atoms with Crippen molar-refractivity contribution in [2.75, 3.05) is 0 Å². The van der Waals surface area contributed by atoms with Crippen LogP contribution in [0.3, 0.4) is 0 Å². The van der Waals surface area contributed by atoms with Gasteiger partial charge in [-0.15, -0.1) is 5.10 Å². The SMILES string of the molecule is CC(O)Cn1nnc(CC#N)c1C1CCCC1. The molecular formula is C12H18N4O. The van der Waals surface area contributed by atoms with Crippen LogP contribution in [-0.4, -0.2) is 26.2 Å². The molecule has 2 rings (SSSR count). The molecule has 1 saturated carbocycles. The smallest absolute Gasteiger partial charge is 0.100 e. The van der Waals surface area contributed by atoms with Gasteiger partial charge in [0.25, 0.3) is 0 Å². The first-order valence-corrected chi connectivity index (χ1v) is 6.19. The molecule has 0 bridgehead atoms. The second-order valence-corrected chi connectivity index (χ2v) is 4.77. The van der Waals surface area contributed by atoms with Gasteiger partial charge >= 0.3 is 0 Å². The fourth-order valence-corrected chi connectivity index (χ4v) is 2.59. The summed E-state index contributed by atoms with van der Waals surface area (Å²) in [6.07, 6.45) is 4.63. The lowest BCUT2D eigenvalue weighted by molar-refractivity contribution is 0.165. The van der Waals surface area contributed by atoms with Gasteiger partial charge in [0, 0.05) is 5.92 Å². The van der Waals surface area contributed by atoms with Crippen LogP contribution in [0.2, 0.25) is 0 Å². The zero-order chi connectivity index (χ0) is 12.3. The minimum absolute atomic E-state index is 0.311. The number of aliphatic hydroxyl groups is 1. The van der Waals surface area contributed by atoms with E-state index in [1.165, 1.54) is 12.8 Å². The van der Waals surface area contributed by atoms with E-state index in [-0.39, 0.29) is 0 Å². The molecule has 0 aliphatic heterocycles. The van der Waals surface area contributed by atoms with Crippen LogP contribution < -0.4 is 0 Å². The first-order chi connectivity index (χ1) is 8.22. The molecule has 0 aromatic carbocycles. The Labute approximate surface area is 101 Å². The summed E-state index contributed by atoms with van der Waals surface area (Å²) >= 11 is 0. The molecule has 1 aromatic heterocycles. The van der Waals surface area contributed by atoms with Gasteiger partial charge in [0.15, 0.2) is 0 Å². The van der Waals surface area contributed by atoms with Crippen LogP contribution in [0.4, 0.5) is 0 Å². The molecule has 1 heterocycles. The molecule has 1 atom stereocenters. The second kappa shape index (κ2) is 5.28. The summed E-state index contributed by atoms with van der Waals surface area (Å²) in [4.78, 5) is 0. The van der Waals surface area contributed by atoms with E-state index in [0.717, 1.165) is 24.2 Å². The molecular weight excluding hydrogens is 216 g/mol. The summed E-state index contributed by atoms with van der Waals surface area (Å²) in [5.74, 6) is 0.465. The highest BCUT2D eigenvalue weighted by molar-refractivity contribution is 5.20. The van der Waals surface area contributed by atoms with E-state index in [2.05, 4.69) is 16.4 Å². The number of aromatic nitrogens is 3. The van der Waals surface area contributed by atoms with Crippen molar-refractivity contribution in [3.8, 4) is 6.07 Å². The standard InChI is InChI=1S/C12H18N4O/c1-9(17)8-16-12(10-4-2-3-5-10)11(6-7-13)14-15-16/h9-10,17H,2-6,8H2,1H3. The Kier molecular flexibility index (Phi) is 3.75. The Bertz CT molecular complexity index is 413. The van der Waals surface area contributed by atoms with Crippen molar-refractivity contribution >= 4 is 0 Å². The Balaban J connectivity index is 2.28. The van der Waals surface area contributed by atoms with Crippen LogP contribution in [-0.2, 0) is 13.0 Å². The summed E-state index contributed by atoms with van der Waals surface area (Å²) in [6, 6.07) is 2.14. The summed E-state index contributed by atoms with van der Waals surface area (Å²) in [5.41, 5.74) is 1.87. The number of nitriles is 1. The monoisotopic (exact) mass is 234 g/mol. The lowest BCUT2D eigenvalue weighted by atomic mass is 10.0. The molecule has 1 aliphatic carbocycles. The highest BCUT2D eigenvalue weighted by atomic mass is 16.3. The van der Waals surface area contributed by atoms with Crippen molar-refractivity contribution in [2.24, 2.45) is 0 Å². The second-order valence-electron chi connectivity index (χ2n) is 4.77. The van der Waals surface area contributed by atoms with Crippen molar-refractivity contribution in [3.05, 3.63) is 11.4 Å². The maximum Gasteiger partial charge on any atom is 0.100 e. The van der Waals surface area contributed by atoms with E-state index in [4.69, 9.17) is 5.26 Å². The topological polar surface area (TPSA) is 74.7 Å². The fraction of sp³-hybridized carbons (Fsp3) is 0.750. The lowest BCUT2D eigenvalue weighted by Gasteiger charge is -2.14. The molecule has 0 radical (unpaired) electrons. The third-order valence-corrected chi connectivity index (χ3v) is 3.27. The van der Waals surface area contributed by atoms with Crippen molar-refractivity contribution in [3.63, 3.8) is 0 Å². The van der Waals surface area contributed by atoms with E-state index in [0.29, 0.717) is 18.9 Å². The summed E-state index contributed by atoms with van der Waals surface area (Å²) in [5, 5.41) is 26.4. The fourth-order valence-electron chi connectivity index (χ4n) is 2.59. The van der Waals surface area contributed by atoms with Crippen LogP contribution in [0, 0.1) is 11.3 Å². The van der Waals surface area contributed by atoms with Crippen molar-refractivity contribution in [1.29, 1.82) is 5.26 Å². The molecule has 1 aliphatic rings. The predicted octanol–water partition coefficient (Wildman–Crippen LogP) is 1.38. The highest BCUT2D eigenvalue weighted by Crippen LogP contribution is 2.35. The molecule has 1 fully saturated rings. The van der Waals surface area contributed by atoms with Crippen molar-refractivity contribution < 1.29 is 5.11 Å². The molecule has 1 N–H and O–H groups in total. The van der Waals surface area contributed by atoms with Gasteiger partial charge < -0.3 is 5.11 Å². The minimum atomic E-state index is -0.438. The van der Waals surface area contributed by atoms with E-state index in [1.54, 1.807) is 11.6 Å². The molecule has 5 nitrogen and oxygen atoms in total. The Morgan fingerprint density at radius 1 is 1.53 bits per heavy atom. The molecule has 92 valence electrons. The van der Waals surface area contributed by atoms with Crippen LogP contribution in [0.25, 0.3) is 0 Å². The van der Waals surface area contributed by atoms with Crippen LogP contribution in [0.1, 0.15) is 49.9 Å². The van der Waals surface area contributed by atoms with Gasteiger partial charge in [-0.1, -0.05) is 18.1 Å². The zero-order valence-corrected chi connectivity index (χ0v) is 10.1. The van der Waals surface area contributed by atoms with Gasteiger partial charge in [-0.25, -0.2) is 4.68 Å². The number of aliphatic hydroxyl groups excluding tert-OH is 1. The number of hydrogen-bond donors (Lipinski definition) is 1. The van der Waals surface area contributed by atoms with Crippen molar-refractivity contribution in [1.82, 2.24) is 15.0 Å². The summed E-state index contributed by atoms with van der Waals surface area (Å²) in [6.45, 7) is 2.20. The van der Waals surface area contributed by atoms with Gasteiger partial charge in [-0.05, 0) is 19.8 Å². The van der Waals surface area contributed by atoms with Crippen LogP contribution >= 0.6 is 0 Å². The average molecular weight is 234 g/mol. The largest absolute Gasteiger partial charge is 0.391 e. The Morgan fingerprint density at radius 2 is 2.24 bits per heavy atom. The molecule has 0 amide bonds. The van der Waals surface area contributed by atoms with Crippen LogP contribution in [0.5, 0.6) is 0 Å². The first-order valence-electron chi connectivity index (χ1n) is 6.19. The van der Waals surface area contributed by atoms with Crippen LogP contribution in [0.15, 0.2) is 0 Å². The number of hydrogen-bond acceptors (Lipinski definition) is 4. The number of rotatable bonds is 4. The van der Waals surface area contributed by atoms with E-state index < -0.39 is 6.10 Å². The van der Waals surface area contributed by atoms with Gasteiger partial charge in [0.1, 0.15) is 5.69 Å². The molecule has 1 aromatic rings. The Morgan fingerprint density at radius 3 is 2.82 bits per heavy atom. The average Bonchev–Trinajstić information content (AvgIpc) is 2.87. The summed E-state index contributed by atoms with van der Waals surface area (Å²) < 4.78 is 1.79. The third kappa shape index (κ3) is 2.64. The van der Waals surface area contributed by atoms with Gasteiger partial charge in [-0.2, -0.15) is 5.26 Å². The minimum Gasteiger partial charge on any atom is -0.391 e. The lowest BCUT2D eigenvalue weighted by Crippen LogP contribution is -2.17. The van der Waals surface area contributed by atoms with E-state index in [1.807, 2.05) is 0 Å². The molecule has 1 unspecified atom stereocenters. The van der Waals surface area contributed by atoms with Gasteiger partial charge in [0.2, 0.25) is 0 Å². The predicted molar refractivity (Wildman–Crippen MR) is 62.2 cm³/mol. The maximum absolute atomic E-state index is 9.46. The molecule has 0 spiro atoms. The third-order valence-electron chi connectivity index (χ3n) is 3.27. The van der Waals surface area contributed by atoms with Gasteiger partial charge in [0.05, 0.1) is 30.8 Å². The van der Waals surface area contributed by atoms with E-state index >= 15 is 0 Å². The number of nitrogens with zero attached hydrogens (tertiary/aromatic N) is 4. The normalized spacial score (nSPS) is 18.2. The van der Waals surface area contributed by atoms with Crippen molar-refractivity contribution in [2.45, 2.75) is 57.6 Å². The molecule has 17 heavy (non-hydrogen) atoms. The van der Waals surface area contributed by atoms with E-state index in [9.17, 15) is 5.11 Å². The zero-order valence-electron chi connectivity index (χ0n) is 10.1. The quantitative estimate of drug-likeness (QED) is 0.854. The summed E-state index contributed by atoms with van der Waals surface area (Å²) in [7, 11) is 0. The van der Waals surface area contributed by atoms with Gasteiger partial charge in [-0.3, -0.25) is 0 Å².